The first-order valence-corrected chi connectivity index (χ1v) is 9.79. The average Bonchev–Trinajstić information content (AvgIpc) is 3.25. The molecule has 28 heavy (non-hydrogen) atoms. The highest BCUT2D eigenvalue weighted by Gasteiger charge is 2.31. The van der Waals surface area contributed by atoms with Crippen molar-refractivity contribution < 1.29 is 27.5 Å². The van der Waals surface area contributed by atoms with Gasteiger partial charge in [-0.3, -0.25) is 9.59 Å². The number of carbonyl (C=O) groups excluding carboxylic acids is 3. The number of nitrogens with zero attached hydrogens (tertiary/aromatic N) is 2. The maximum atomic E-state index is 12.8. The Morgan fingerprint density at radius 2 is 2.11 bits per heavy atom. The molecule has 0 radical (unpaired) electrons. The maximum absolute atomic E-state index is 12.8. The number of hydrogen-bond donors (Lipinski definition) is 2. The van der Waals surface area contributed by atoms with E-state index in [-0.39, 0.29) is 28.4 Å². The third kappa shape index (κ3) is 2.89. The molecule has 0 aliphatic carbocycles. The molecule has 2 aliphatic heterocycles. The second kappa shape index (κ2) is 6.37. The Labute approximate surface area is 160 Å². The fraction of sp³-hybridized carbons (Fsp3) is 0.235. The first kappa shape index (κ1) is 18.0. The Balaban J connectivity index is 1.57. The van der Waals surface area contributed by atoms with Gasteiger partial charge in [0.25, 0.3) is 21.8 Å². The van der Waals surface area contributed by atoms with Crippen molar-refractivity contribution in [2.45, 2.75) is 11.0 Å². The molecule has 0 bridgehead atoms. The highest BCUT2D eigenvalue weighted by molar-refractivity contribution is 7.90. The van der Waals surface area contributed by atoms with Crippen LogP contribution in [0.3, 0.4) is 0 Å². The van der Waals surface area contributed by atoms with Crippen molar-refractivity contribution in [2.24, 2.45) is 0 Å². The number of nitrogens with one attached hydrogen (secondary N) is 2. The van der Waals surface area contributed by atoms with Gasteiger partial charge in [-0.15, -0.1) is 0 Å². The number of cyclic esters (lactones) is 1. The quantitative estimate of drug-likeness (QED) is 0.766. The van der Waals surface area contributed by atoms with E-state index in [1.54, 1.807) is 7.05 Å². The Kier molecular flexibility index (Phi) is 4.11. The summed E-state index contributed by atoms with van der Waals surface area (Å²) in [6, 6.07) is 6.80. The minimum atomic E-state index is -3.97. The summed E-state index contributed by atoms with van der Waals surface area (Å²) >= 11 is 0. The molecule has 146 valence electrons. The minimum Gasteiger partial charge on any atom is -0.442 e. The van der Waals surface area contributed by atoms with Crippen LogP contribution in [0.5, 0.6) is 0 Å². The van der Waals surface area contributed by atoms with E-state index in [0.29, 0.717) is 6.54 Å². The fourth-order valence-electron chi connectivity index (χ4n) is 3.10. The number of hydrogen-bond acceptors (Lipinski definition) is 6. The third-order valence-electron chi connectivity index (χ3n) is 4.52. The summed E-state index contributed by atoms with van der Waals surface area (Å²) in [5, 5.41) is 5.17. The molecule has 2 aromatic rings. The number of benzene rings is 1. The molecule has 4 rings (SSSR count). The van der Waals surface area contributed by atoms with Gasteiger partial charge in [-0.25, -0.2) is 17.2 Å². The van der Waals surface area contributed by atoms with Crippen molar-refractivity contribution in [3.8, 4) is 0 Å². The number of fused-ring (bicyclic) bond motifs is 2. The molecule has 10 nitrogen and oxygen atoms in total. The van der Waals surface area contributed by atoms with Gasteiger partial charge >= 0.3 is 6.09 Å². The van der Waals surface area contributed by atoms with E-state index >= 15 is 0 Å². The number of aromatic nitrogens is 1. The summed E-state index contributed by atoms with van der Waals surface area (Å²) < 4.78 is 31.5. The minimum absolute atomic E-state index is 0.0191. The molecule has 1 aromatic carbocycles. The van der Waals surface area contributed by atoms with Gasteiger partial charge in [-0.1, -0.05) is 0 Å². The van der Waals surface area contributed by atoms with Crippen LogP contribution in [-0.2, 0) is 14.8 Å². The highest BCUT2D eigenvalue weighted by Crippen LogP contribution is 2.29. The monoisotopic (exact) mass is 404 g/mol. The van der Waals surface area contributed by atoms with Gasteiger partial charge in [0, 0.05) is 18.8 Å². The summed E-state index contributed by atoms with van der Waals surface area (Å²) in [6.45, 7) is 0.470. The van der Waals surface area contributed by atoms with Crippen molar-refractivity contribution >= 4 is 33.6 Å². The zero-order chi connectivity index (χ0) is 20.1. The predicted octanol–water partition coefficient (Wildman–Crippen LogP) is 0.471. The largest absolute Gasteiger partial charge is 0.442 e. The number of amides is 3. The number of anilines is 1. The van der Waals surface area contributed by atoms with Gasteiger partial charge in [0.1, 0.15) is 16.7 Å². The van der Waals surface area contributed by atoms with Crippen LogP contribution >= 0.6 is 0 Å². The molecular formula is C17H16N4O6S. The van der Waals surface area contributed by atoms with Crippen molar-refractivity contribution in [3.63, 3.8) is 0 Å². The zero-order valence-corrected chi connectivity index (χ0v) is 15.5. The molecule has 1 fully saturated rings. The van der Waals surface area contributed by atoms with E-state index in [0.717, 1.165) is 3.97 Å². The lowest BCUT2D eigenvalue weighted by atomic mass is 10.1. The Morgan fingerprint density at radius 1 is 1.32 bits per heavy atom. The van der Waals surface area contributed by atoms with Crippen LogP contribution in [0.4, 0.5) is 10.5 Å². The molecule has 1 saturated heterocycles. The fourth-order valence-corrected chi connectivity index (χ4v) is 4.58. The summed E-state index contributed by atoms with van der Waals surface area (Å²) in [5.41, 5.74) is 0.168. The first-order valence-electron chi connectivity index (χ1n) is 8.35. The van der Waals surface area contributed by atoms with Gasteiger partial charge in [-0.2, -0.15) is 0 Å². The number of likely N-dealkylation sites (N-methyl/N-ethyl adjacent to an activating group) is 1. The average molecular weight is 404 g/mol. The Hall–Kier alpha value is -3.34. The van der Waals surface area contributed by atoms with Gasteiger partial charge in [-0.05, 0) is 30.3 Å². The molecule has 0 spiro atoms. The van der Waals surface area contributed by atoms with Gasteiger partial charge in [0.05, 0.1) is 18.8 Å². The van der Waals surface area contributed by atoms with Crippen LogP contribution in [-0.4, -0.2) is 61.4 Å². The molecule has 11 heteroatoms. The summed E-state index contributed by atoms with van der Waals surface area (Å²) in [6.07, 6.45) is 0.370. The highest BCUT2D eigenvalue weighted by atomic mass is 32.2. The third-order valence-corrected chi connectivity index (χ3v) is 6.27. The van der Waals surface area contributed by atoms with Gasteiger partial charge in [0.15, 0.2) is 0 Å². The van der Waals surface area contributed by atoms with E-state index < -0.39 is 34.0 Å². The molecule has 2 N–H and O–H groups in total. The molecule has 3 amide bonds. The number of rotatable bonds is 3. The topological polar surface area (TPSA) is 127 Å². The zero-order valence-electron chi connectivity index (χ0n) is 14.7. The second-order valence-corrected chi connectivity index (χ2v) is 8.24. The Morgan fingerprint density at radius 3 is 2.82 bits per heavy atom. The second-order valence-electron chi connectivity index (χ2n) is 6.46. The van der Waals surface area contributed by atoms with E-state index in [1.165, 1.54) is 41.4 Å². The molecular weight excluding hydrogens is 388 g/mol. The molecule has 3 heterocycles. The lowest BCUT2D eigenvalue weighted by Gasteiger charge is -2.12. The molecule has 1 atom stereocenters. The van der Waals surface area contributed by atoms with Crippen molar-refractivity contribution in [2.75, 3.05) is 25.5 Å². The maximum Gasteiger partial charge on any atom is 0.410 e. The van der Waals surface area contributed by atoms with Crippen molar-refractivity contribution in [1.82, 2.24) is 14.2 Å². The van der Waals surface area contributed by atoms with E-state index in [9.17, 15) is 22.8 Å². The first-order chi connectivity index (χ1) is 13.3. The summed E-state index contributed by atoms with van der Waals surface area (Å²) in [5.74, 6) is -1.07. The SMILES string of the molecule is CN1CC(CNC(=O)c2ccc3c(c2)NC(=O)c2cccn2S3(=O)=O)OC1=O. The smallest absolute Gasteiger partial charge is 0.410 e. The Bertz CT molecular complexity index is 1110. The van der Waals surface area contributed by atoms with Crippen molar-refractivity contribution in [1.29, 1.82) is 0 Å². The van der Waals surface area contributed by atoms with Crippen LogP contribution in [0, 0.1) is 0 Å². The summed E-state index contributed by atoms with van der Waals surface area (Å²) in [7, 11) is -2.38. The summed E-state index contributed by atoms with van der Waals surface area (Å²) in [4.78, 5) is 37.4. The normalized spacial score (nSPS) is 19.9. The van der Waals surface area contributed by atoms with Crippen LogP contribution in [0.2, 0.25) is 0 Å². The lowest BCUT2D eigenvalue weighted by Crippen LogP contribution is -2.34. The molecule has 1 unspecified atom stereocenters. The van der Waals surface area contributed by atoms with Crippen LogP contribution in [0.25, 0.3) is 0 Å². The molecule has 2 aliphatic rings. The van der Waals surface area contributed by atoms with E-state index in [1.807, 2.05) is 0 Å². The van der Waals surface area contributed by atoms with E-state index in [4.69, 9.17) is 4.74 Å². The number of ether oxygens (including phenoxy) is 1. The van der Waals surface area contributed by atoms with Crippen molar-refractivity contribution in [3.05, 3.63) is 47.8 Å². The molecule has 0 saturated carbocycles. The lowest BCUT2D eigenvalue weighted by molar-refractivity contribution is 0.0914. The van der Waals surface area contributed by atoms with Gasteiger partial charge < -0.3 is 20.3 Å². The number of carbonyl (C=O) groups is 3. The molecule has 1 aromatic heterocycles. The van der Waals surface area contributed by atoms with Crippen LogP contribution in [0.15, 0.2) is 41.4 Å². The standard InChI is InChI=1S/C17H16N4O6S/c1-20-9-11(27-17(20)24)8-18-15(22)10-4-5-14-12(7-10)19-16(23)13-3-2-6-21(13)28(14,25)26/h2-7,11H,8-9H2,1H3,(H,18,22)(H,19,23). The van der Waals surface area contributed by atoms with E-state index in [2.05, 4.69) is 10.6 Å². The predicted molar refractivity (Wildman–Crippen MR) is 96.6 cm³/mol. The van der Waals surface area contributed by atoms with Crippen LogP contribution in [0.1, 0.15) is 20.8 Å². The van der Waals surface area contributed by atoms with Gasteiger partial charge in [0.2, 0.25) is 0 Å². The van der Waals surface area contributed by atoms with Crippen LogP contribution < -0.4 is 10.6 Å².